The molecule has 0 aliphatic heterocycles. The predicted octanol–water partition coefficient (Wildman–Crippen LogP) is 5.32. The Morgan fingerprint density at radius 3 is 2.06 bits per heavy atom. The first kappa shape index (κ1) is 26.1. The first-order valence-electron chi connectivity index (χ1n) is 11.2. The predicted molar refractivity (Wildman–Crippen MR) is 129 cm³/mol. The van der Waals surface area contributed by atoms with Gasteiger partial charge in [-0.25, -0.2) is 0 Å². The fourth-order valence-corrected chi connectivity index (χ4v) is 4.02. The lowest BCUT2D eigenvalue weighted by Crippen LogP contribution is -2.36. The number of hydrogen-bond donors (Lipinski definition) is 2. The minimum absolute atomic E-state index is 0.173. The smallest absolute Gasteiger partial charge is 0.416 e. The van der Waals surface area contributed by atoms with Gasteiger partial charge < -0.3 is 20.1 Å². The molecule has 0 aliphatic carbocycles. The van der Waals surface area contributed by atoms with Crippen LogP contribution in [-0.4, -0.2) is 33.7 Å². The maximum absolute atomic E-state index is 13.1. The van der Waals surface area contributed by atoms with Crippen molar-refractivity contribution in [2.24, 2.45) is 0 Å². The second kappa shape index (κ2) is 11.8. The zero-order chi connectivity index (χ0) is 25.4. The third kappa shape index (κ3) is 6.54. The Morgan fingerprint density at radius 2 is 1.49 bits per heavy atom. The molecule has 1 amide bonds. The SMILES string of the molecule is CNC(=O)[C@H](NCC[C@H](c1ccc(C(F)(F)F)cc1)c1ccc(OC)c(OC)c1)c1ccccc1. The maximum Gasteiger partial charge on any atom is 0.416 e. The number of ether oxygens (including phenoxy) is 2. The molecule has 2 atom stereocenters. The van der Waals surface area contributed by atoms with Crippen LogP contribution in [0.15, 0.2) is 72.8 Å². The molecule has 0 radical (unpaired) electrons. The zero-order valence-electron chi connectivity index (χ0n) is 19.9. The van der Waals surface area contributed by atoms with Crippen molar-refractivity contribution < 1.29 is 27.4 Å². The highest BCUT2D eigenvalue weighted by molar-refractivity contribution is 5.82. The Bertz CT molecular complexity index is 1100. The number of hydrogen-bond acceptors (Lipinski definition) is 4. The molecule has 3 aromatic carbocycles. The topological polar surface area (TPSA) is 59.6 Å². The van der Waals surface area contributed by atoms with Crippen LogP contribution in [0.5, 0.6) is 11.5 Å². The van der Waals surface area contributed by atoms with E-state index in [0.29, 0.717) is 24.5 Å². The molecule has 0 saturated heterocycles. The van der Waals surface area contributed by atoms with E-state index in [1.807, 2.05) is 42.5 Å². The van der Waals surface area contributed by atoms with Gasteiger partial charge in [0.1, 0.15) is 6.04 Å². The first-order chi connectivity index (χ1) is 16.8. The molecule has 186 valence electrons. The van der Waals surface area contributed by atoms with Crippen molar-refractivity contribution >= 4 is 5.91 Å². The summed E-state index contributed by atoms with van der Waals surface area (Å²) in [6.07, 6.45) is -3.88. The standard InChI is InChI=1S/C27H29F3N2O3/c1-31-26(33)25(19-7-5-4-6-8-19)32-16-15-22(18-9-12-21(13-10-18)27(28,29)30)20-11-14-23(34-2)24(17-20)35-3/h4-14,17,22,25,32H,15-16H2,1-3H3,(H,31,33)/t22-,25-/m1/s1. The number of methoxy groups -OCH3 is 2. The summed E-state index contributed by atoms with van der Waals surface area (Å²) < 4.78 is 50.1. The average molecular weight is 487 g/mol. The Hall–Kier alpha value is -3.52. The molecular weight excluding hydrogens is 457 g/mol. The van der Waals surface area contributed by atoms with Crippen LogP contribution >= 0.6 is 0 Å². The molecule has 5 nitrogen and oxygen atoms in total. The van der Waals surface area contributed by atoms with E-state index in [0.717, 1.165) is 28.8 Å². The Kier molecular flexibility index (Phi) is 8.76. The van der Waals surface area contributed by atoms with Crippen LogP contribution < -0.4 is 20.1 Å². The number of amides is 1. The summed E-state index contributed by atoms with van der Waals surface area (Å²) in [6, 6.07) is 19.4. The van der Waals surface area contributed by atoms with Gasteiger partial charge in [-0.3, -0.25) is 4.79 Å². The van der Waals surface area contributed by atoms with Gasteiger partial charge in [0.25, 0.3) is 0 Å². The van der Waals surface area contributed by atoms with E-state index in [9.17, 15) is 18.0 Å². The number of carbonyl (C=O) groups is 1. The molecule has 8 heteroatoms. The van der Waals surface area contributed by atoms with Crippen LogP contribution in [0, 0.1) is 0 Å². The highest BCUT2D eigenvalue weighted by atomic mass is 19.4. The van der Waals surface area contributed by atoms with Crippen LogP contribution in [0.4, 0.5) is 13.2 Å². The lowest BCUT2D eigenvalue weighted by Gasteiger charge is -2.23. The van der Waals surface area contributed by atoms with Crippen molar-refractivity contribution in [3.63, 3.8) is 0 Å². The molecular formula is C27H29F3N2O3. The van der Waals surface area contributed by atoms with E-state index < -0.39 is 17.8 Å². The number of halogens is 3. The van der Waals surface area contributed by atoms with Crippen LogP contribution in [0.2, 0.25) is 0 Å². The normalized spacial score (nSPS) is 13.1. The third-order valence-electron chi connectivity index (χ3n) is 5.87. The van der Waals surface area contributed by atoms with Gasteiger partial charge in [-0.2, -0.15) is 13.2 Å². The van der Waals surface area contributed by atoms with Gasteiger partial charge in [0.2, 0.25) is 5.91 Å². The molecule has 0 aromatic heterocycles. The summed E-state index contributed by atoms with van der Waals surface area (Å²) in [6.45, 7) is 0.438. The lowest BCUT2D eigenvalue weighted by atomic mass is 9.87. The number of carbonyl (C=O) groups excluding carboxylic acids is 1. The number of rotatable bonds is 10. The largest absolute Gasteiger partial charge is 0.493 e. The van der Waals surface area contributed by atoms with Crippen LogP contribution in [0.25, 0.3) is 0 Å². The highest BCUT2D eigenvalue weighted by Crippen LogP contribution is 2.36. The summed E-state index contributed by atoms with van der Waals surface area (Å²) in [5.74, 6) is 0.672. The van der Waals surface area contributed by atoms with Gasteiger partial charge in [0, 0.05) is 13.0 Å². The van der Waals surface area contributed by atoms with E-state index in [4.69, 9.17) is 9.47 Å². The quantitative estimate of drug-likeness (QED) is 0.407. The van der Waals surface area contributed by atoms with E-state index >= 15 is 0 Å². The molecule has 2 N–H and O–H groups in total. The summed E-state index contributed by atoms with van der Waals surface area (Å²) >= 11 is 0. The van der Waals surface area contributed by atoms with Gasteiger partial charge in [0.15, 0.2) is 11.5 Å². The van der Waals surface area contributed by atoms with Gasteiger partial charge in [-0.1, -0.05) is 48.5 Å². The van der Waals surface area contributed by atoms with E-state index in [1.54, 1.807) is 13.1 Å². The van der Waals surface area contributed by atoms with Crippen molar-refractivity contribution in [1.82, 2.24) is 10.6 Å². The average Bonchev–Trinajstić information content (AvgIpc) is 2.88. The molecule has 0 heterocycles. The maximum atomic E-state index is 13.1. The van der Waals surface area contributed by atoms with Crippen LogP contribution in [0.3, 0.4) is 0 Å². The molecule has 0 aliphatic rings. The minimum atomic E-state index is -4.41. The summed E-state index contributed by atoms with van der Waals surface area (Å²) in [5, 5.41) is 5.97. The highest BCUT2D eigenvalue weighted by Gasteiger charge is 2.30. The second-order valence-corrected chi connectivity index (χ2v) is 7.99. The Balaban J connectivity index is 1.89. The van der Waals surface area contributed by atoms with Crippen molar-refractivity contribution in [2.45, 2.75) is 24.6 Å². The fraction of sp³-hybridized carbons (Fsp3) is 0.296. The third-order valence-corrected chi connectivity index (χ3v) is 5.87. The number of alkyl halides is 3. The van der Waals surface area contributed by atoms with Crippen LogP contribution in [0.1, 0.15) is 40.6 Å². The molecule has 0 unspecified atom stereocenters. The fourth-order valence-electron chi connectivity index (χ4n) is 4.02. The molecule has 0 bridgehead atoms. The first-order valence-corrected chi connectivity index (χ1v) is 11.2. The number of nitrogens with one attached hydrogen (secondary N) is 2. The summed E-state index contributed by atoms with van der Waals surface area (Å²) in [7, 11) is 4.65. The van der Waals surface area contributed by atoms with Crippen molar-refractivity contribution in [1.29, 1.82) is 0 Å². The molecule has 3 aromatic rings. The minimum Gasteiger partial charge on any atom is -0.493 e. The second-order valence-electron chi connectivity index (χ2n) is 7.99. The van der Waals surface area contributed by atoms with Gasteiger partial charge in [-0.05, 0) is 53.9 Å². The monoisotopic (exact) mass is 486 g/mol. The lowest BCUT2D eigenvalue weighted by molar-refractivity contribution is -0.137. The molecule has 35 heavy (non-hydrogen) atoms. The summed E-state index contributed by atoms with van der Waals surface area (Å²) in [5.41, 5.74) is 1.71. The van der Waals surface area contributed by atoms with Gasteiger partial charge >= 0.3 is 6.18 Å². The Labute approximate surface area is 203 Å². The van der Waals surface area contributed by atoms with E-state index in [1.165, 1.54) is 26.4 Å². The summed E-state index contributed by atoms with van der Waals surface area (Å²) in [4.78, 5) is 12.5. The molecule has 0 saturated carbocycles. The van der Waals surface area contributed by atoms with Gasteiger partial charge in [0.05, 0.1) is 19.8 Å². The molecule has 0 spiro atoms. The van der Waals surface area contributed by atoms with E-state index in [2.05, 4.69) is 10.6 Å². The number of benzene rings is 3. The van der Waals surface area contributed by atoms with Gasteiger partial charge in [-0.15, -0.1) is 0 Å². The van der Waals surface area contributed by atoms with E-state index in [-0.39, 0.29) is 11.8 Å². The Morgan fingerprint density at radius 1 is 0.857 bits per heavy atom. The van der Waals surface area contributed by atoms with Crippen molar-refractivity contribution in [3.05, 3.63) is 95.1 Å². The molecule has 0 fully saturated rings. The number of likely N-dealkylation sites (N-methyl/N-ethyl adjacent to an activating group) is 1. The van der Waals surface area contributed by atoms with Crippen molar-refractivity contribution in [3.8, 4) is 11.5 Å². The van der Waals surface area contributed by atoms with Crippen LogP contribution in [-0.2, 0) is 11.0 Å². The van der Waals surface area contributed by atoms with Crippen molar-refractivity contribution in [2.75, 3.05) is 27.8 Å². The molecule has 3 rings (SSSR count). The zero-order valence-corrected chi connectivity index (χ0v) is 19.9.